The molecule has 0 spiro atoms. The number of hydrogen-bond donors (Lipinski definition) is 0. The fourth-order valence-corrected chi connectivity index (χ4v) is 4.64. The van der Waals surface area contributed by atoms with Crippen LogP contribution < -0.4 is 0 Å². The summed E-state index contributed by atoms with van der Waals surface area (Å²) in [5, 5.41) is 0. The second-order valence-electron chi connectivity index (χ2n) is 7.85. The normalized spacial score (nSPS) is 24.1. The fraction of sp³-hybridized carbons (Fsp3) is 0.545. The molecule has 0 saturated carbocycles. The van der Waals surface area contributed by atoms with Gasteiger partial charge >= 0.3 is 0 Å². The van der Waals surface area contributed by atoms with Crippen molar-refractivity contribution < 1.29 is 14.3 Å². The first-order valence-corrected chi connectivity index (χ1v) is 9.27. The molecule has 1 aliphatic heterocycles. The Bertz CT molecular complexity index is 713. The van der Waals surface area contributed by atoms with E-state index in [1.165, 1.54) is 5.56 Å². The van der Waals surface area contributed by atoms with Crippen LogP contribution in [0.25, 0.3) is 5.57 Å². The molecule has 1 heterocycles. The number of aryl methyl sites for hydroxylation is 3. The van der Waals surface area contributed by atoms with Gasteiger partial charge in [0, 0.05) is 31.6 Å². The standard InChI is InChI=1S/C22H28O3/c1-13-7-14(2)21(15(3)8-13)22-19(9-16(4)23)10-18(11-20(22)24)17-5-6-25-12-17/h7-8,17-18H,5-6,9-12H2,1-4H3. The molecular formula is C22H28O3. The second kappa shape index (κ2) is 7.25. The molecule has 3 rings (SSSR count). The third-order valence-electron chi connectivity index (χ3n) is 5.61. The lowest BCUT2D eigenvalue weighted by molar-refractivity contribution is -0.116. The molecule has 0 amide bonds. The van der Waals surface area contributed by atoms with Gasteiger partial charge in [-0.25, -0.2) is 0 Å². The summed E-state index contributed by atoms with van der Waals surface area (Å²) in [7, 11) is 0. The summed E-state index contributed by atoms with van der Waals surface area (Å²) in [6.07, 6.45) is 2.85. The highest BCUT2D eigenvalue weighted by Gasteiger charge is 2.35. The van der Waals surface area contributed by atoms with Gasteiger partial charge < -0.3 is 4.74 Å². The minimum atomic E-state index is 0.131. The molecule has 25 heavy (non-hydrogen) atoms. The van der Waals surface area contributed by atoms with Crippen molar-refractivity contribution in [3.63, 3.8) is 0 Å². The average molecular weight is 340 g/mol. The van der Waals surface area contributed by atoms with Crippen molar-refractivity contribution in [2.75, 3.05) is 13.2 Å². The van der Waals surface area contributed by atoms with E-state index in [2.05, 4.69) is 32.9 Å². The highest BCUT2D eigenvalue weighted by molar-refractivity contribution is 6.23. The maximum absolute atomic E-state index is 13.1. The van der Waals surface area contributed by atoms with Gasteiger partial charge in [-0.1, -0.05) is 23.3 Å². The third kappa shape index (κ3) is 3.77. The zero-order chi connectivity index (χ0) is 18.1. The number of allylic oxidation sites excluding steroid dienone is 2. The van der Waals surface area contributed by atoms with Gasteiger partial charge in [0.1, 0.15) is 5.78 Å². The van der Waals surface area contributed by atoms with Gasteiger partial charge in [-0.05, 0) is 69.1 Å². The number of carbonyl (C=O) groups is 2. The minimum Gasteiger partial charge on any atom is -0.381 e. The van der Waals surface area contributed by atoms with Gasteiger partial charge in [0.05, 0.1) is 0 Å². The molecule has 1 aliphatic carbocycles. The Hall–Kier alpha value is -1.74. The number of benzene rings is 1. The Balaban J connectivity index is 2.06. The van der Waals surface area contributed by atoms with Crippen molar-refractivity contribution in [2.45, 2.75) is 53.4 Å². The fourth-order valence-electron chi connectivity index (χ4n) is 4.64. The highest BCUT2D eigenvalue weighted by atomic mass is 16.5. The summed E-state index contributed by atoms with van der Waals surface area (Å²) in [6, 6.07) is 4.26. The molecule has 3 heteroatoms. The van der Waals surface area contributed by atoms with Crippen molar-refractivity contribution in [1.29, 1.82) is 0 Å². The summed E-state index contributed by atoms with van der Waals surface area (Å²) >= 11 is 0. The molecule has 1 fully saturated rings. The zero-order valence-electron chi connectivity index (χ0n) is 15.8. The summed E-state index contributed by atoms with van der Waals surface area (Å²) < 4.78 is 5.53. The molecule has 0 bridgehead atoms. The van der Waals surface area contributed by atoms with Crippen molar-refractivity contribution in [3.8, 4) is 0 Å². The van der Waals surface area contributed by atoms with Crippen LogP contribution in [0.2, 0.25) is 0 Å². The van der Waals surface area contributed by atoms with Crippen LogP contribution in [-0.4, -0.2) is 24.8 Å². The van der Waals surface area contributed by atoms with Gasteiger partial charge in [0.2, 0.25) is 0 Å². The molecule has 2 aliphatic rings. The molecule has 2 atom stereocenters. The number of carbonyl (C=O) groups excluding carboxylic acids is 2. The first-order valence-electron chi connectivity index (χ1n) is 9.27. The van der Waals surface area contributed by atoms with Crippen molar-refractivity contribution in [1.82, 2.24) is 0 Å². The van der Waals surface area contributed by atoms with Crippen LogP contribution in [0, 0.1) is 32.6 Å². The molecule has 0 N–H and O–H groups in total. The maximum Gasteiger partial charge on any atom is 0.163 e. The molecular weight excluding hydrogens is 312 g/mol. The Morgan fingerprint density at radius 2 is 1.80 bits per heavy atom. The Labute approximate surface area is 150 Å². The van der Waals surface area contributed by atoms with E-state index in [0.29, 0.717) is 24.7 Å². The molecule has 0 aromatic heterocycles. The van der Waals surface area contributed by atoms with E-state index < -0.39 is 0 Å². The van der Waals surface area contributed by atoms with E-state index in [0.717, 1.165) is 53.9 Å². The lowest BCUT2D eigenvalue weighted by atomic mass is 9.72. The SMILES string of the molecule is CC(=O)CC1=C(c2c(C)cc(C)cc2C)C(=O)CC(C2CCOC2)C1. The smallest absolute Gasteiger partial charge is 0.163 e. The molecule has 1 aromatic rings. The van der Waals surface area contributed by atoms with Crippen LogP contribution in [0.1, 0.15) is 54.9 Å². The van der Waals surface area contributed by atoms with Crippen LogP contribution in [0.15, 0.2) is 17.7 Å². The molecule has 134 valence electrons. The van der Waals surface area contributed by atoms with Gasteiger partial charge in [-0.2, -0.15) is 0 Å². The Kier molecular flexibility index (Phi) is 5.24. The predicted octanol–water partition coefficient (Wildman–Crippen LogP) is 4.36. The number of ether oxygens (including phenoxy) is 1. The number of hydrogen-bond acceptors (Lipinski definition) is 3. The van der Waals surface area contributed by atoms with E-state index in [1.807, 2.05) is 0 Å². The van der Waals surface area contributed by atoms with E-state index in [1.54, 1.807) is 6.92 Å². The number of rotatable bonds is 4. The average Bonchev–Trinajstić information content (AvgIpc) is 3.02. The van der Waals surface area contributed by atoms with Crippen molar-refractivity contribution in [3.05, 3.63) is 40.0 Å². The summed E-state index contributed by atoms with van der Waals surface area (Å²) in [4.78, 5) is 25.0. The topological polar surface area (TPSA) is 43.4 Å². The first-order chi connectivity index (χ1) is 11.9. The van der Waals surface area contributed by atoms with Crippen LogP contribution in [0.5, 0.6) is 0 Å². The second-order valence-corrected chi connectivity index (χ2v) is 7.85. The first kappa shape index (κ1) is 18.1. The highest BCUT2D eigenvalue weighted by Crippen LogP contribution is 2.41. The Morgan fingerprint density at radius 1 is 1.12 bits per heavy atom. The van der Waals surface area contributed by atoms with E-state index in [4.69, 9.17) is 4.74 Å². The van der Waals surface area contributed by atoms with Crippen molar-refractivity contribution >= 4 is 17.1 Å². The molecule has 3 nitrogen and oxygen atoms in total. The van der Waals surface area contributed by atoms with E-state index >= 15 is 0 Å². The van der Waals surface area contributed by atoms with Crippen LogP contribution >= 0.6 is 0 Å². The number of Topliss-reactive ketones (excluding diaryl/α,β-unsaturated/α-hetero) is 2. The maximum atomic E-state index is 13.1. The quantitative estimate of drug-likeness (QED) is 0.818. The molecule has 2 unspecified atom stereocenters. The molecule has 1 saturated heterocycles. The summed E-state index contributed by atoms with van der Waals surface area (Å²) in [6.45, 7) is 9.38. The van der Waals surface area contributed by atoms with Gasteiger partial charge in [-0.3, -0.25) is 9.59 Å². The van der Waals surface area contributed by atoms with Gasteiger partial charge in [-0.15, -0.1) is 0 Å². The van der Waals surface area contributed by atoms with E-state index in [9.17, 15) is 9.59 Å². The van der Waals surface area contributed by atoms with Crippen LogP contribution in [-0.2, 0) is 14.3 Å². The van der Waals surface area contributed by atoms with Crippen molar-refractivity contribution in [2.24, 2.45) is 11.8 Å². The largest absolute Gasteiger partial charge is 0.381 e. The monoisotopic (exact) mass is 340 g/mol. The van der Waals surface area contributed by atoms with Gasteiger partial charge in [0.25, 0.3) is 0 Å². The molecule has 0 radical (unpaired) electrons. The third-order valence-corrected chi connectivity index (χ3v) is 5.61. The zero-order valence-corrected chi connectivity index (χ0v) is 15.8. The summed E-state index contributed by atoms with van der Waals surface area (Å²) in [5.41, 5.74) is 6.37. The van der Waals surface area contributed by atoms with Crippen LogP contribution in [0.4, 0.5) is 0 Å². The van der Waals surface area contributed by atoms with Crippen LogP contribution in [0.3, 0.4) is 0 Å². The lowest BCUT2D eigenvalue weighted by Crippen LogP contribution is -2.26. The Morgan fingerprint density at radius 3 is 2.36 bits per heavy atom. The molecule has 1 aromatic carbocycles. The predicted molar refractivity (Wildman–Crippen MR) is 99.5 cm³/mol. The van der Waals surface area contributed by atoms with E-state index in [-0.39, 0.29) is 11.6 Å². The summed E-state index contributed by atoms with van der Waals surface area (Å²) in [5.74, 6) is 1.10. The lowest BCUT2D eigenvalue weighted by Gasteiger charge is -2.31. The minimum absolute atomic E-state index is 0.131. The number of ketones is 2. The van der Waals surface area contributed by atoms with Gasteiger partial charge in [0.15, 0.2) is 5.78 Å².